The lowest BCUT2D eigenvalue weighted by Gasteiger charge is -2.07. The van der Waals surface area contributed by atoms with E-state index >= 15 is 0 Å². The number of rotatable bonds is 3. The summed E-state index contributed by atoms with van der Waals surface area (Å²) in [6, 6.07) is 7.84. The molecule has 1 heterocycles. The van der Waals surface area contributed by atoms with Crippen LogP contribution < -0.4 is 5.73 Å². The molecule has 2 aromatic rings. The number of halogens is 1. The number of aromatic nitrogens is 1. The van der Waals surface area contributed by atoms with Crippen molar-refractivity contribution in [3.05, 3.63) is 36.0 Å². The van der Waals surface area contributed by atoms with Gasteiger partial charge in [-0.1, -0.05) is 18.2 Å². The Balaban J connectivity index is 2.52. The average Bonchev–Trinajstić information content (AvgIpc) is 2.58. The van der Waals surface area contributed by atoms with Crippen LogP contribution in [0.15, 0.2) is 30.5 Å². The van der Waals surface area contributed by atoms with Gasteiger partial charge < -0.3 is 10.3 Å². The highest BCUT2D eigenvalue weighted by Crippen LogP contribution is 2.26. The Hall–Kier alpha value is -1.35. The van der Waals surface area contributed by atoms with Gasteiger partial charge >= 0.3 is 0 Å². The van der Waals surface area contributed by atoms with E-state index in [9.17, 15) is 4.39 Å². The van der Waals surface area contributed by atoms with Crippen molar-refractivity contribution < 1.29 is 4.39 Å². The summed E-state index contributed by atoms with van der Waals surface area (Å²) in [5.41, 5.74) is 8.11. The molecule has 0 fully saturated rings. The molecule has 3 heteroatoms. The number of hydrogen-bond donors (Lipinski definition) is 1. The SMILES string of the molecule is Cn1cc([C@@H](N)CCF)c2ccccc21. The first-order valence-corrected chi connectivity index (χ1v) is 5.09. The van der Waals surface area contributed by atoms with Gasteiger partial charge in [0.2, 0.25) is 0 Å². The fraction of sp³-hybridized carbons (Fsp3) is 0.333. The maximum atomic E-state index is 12.2. The second-order valence-corrected chi connectivity index (χ2v) is 3.80. The van der Waals surface area contributed by atoms with Gasteiger partial charge in [-0.25, -0.2) is 0 Å². The van der Waals surface area contributed by atoms with E-state index in [2.05, 4.69) is 0 Å². The molecule has 1 aromatic heterocycles. The maximum Gasteiger partial charge on any atom is 0.0912 e. The monoisotopic (exact) mass is 206 g/mol. The minimum absolute atomic E-state index is 0.207. The summed E-state index contributed by atoms with van der Waals surface area (Å²) in [4.78, 5) is 0. The molecule has 2 rings (SSSR count). The second-order valence-electron chi connectivity index (χ2n) is 3.80. The summed E-state index contributed by atoms with van der Waals surface area (Å²) in [7, 11) is 1.98. The molecule has 1 aromatic carbocycles. The highest BCUT2D eigenvalue weighted by Gasteiger charge is 2.12. The Morgan fingerprint density at radius 3 is 2.87 bits per heavy atom. The van der Waals surface area contributed by atoms with Crippen LogP contribution in [-0.4, -0.2) is 11.2 Å². The van der Waals surface area contributed by atoms with Gasteiger partial charge in [-0.05, 0) is 18.1 Å². The molecule has 0 aliphatic heterocycles. The number of alkyl halides is 1. The number of para-hydroxylation sites is 1. The molecule has 0 amide bonds. The molecule has 1 atom stereocenters. The van der Waals surface area contributed by atoms with Gasteiger partial charge in [0.15, 0.2) is 0 Å². The third-order valence-electron chi connectivity index (χ3n) is 2.75. The molecule has 15 heavy (non-hydrogen) atoms. The van der Waals surface area contributed by atoms with Crippen molar-refractivity contribution in [1.82, 2.24) is 4.57 Å². The Morgan fingerprint density at radius 2 is 2.13 bits per heavy atom. The van der Waals surface area contributed by atoms with Crippen LogP contribution >= 0.6 is 0 Å². The highest BCUT2D eigenvalue weighted by atomic mass is 19.1. The summed E-state index contributed by atoms with van der Waals surface area (Å²) >= 11 is 0. The van der Waals surface area contributed by atoms with Gasteiger partial charge in [-0.15, -0.1) is 0 Å². The van der Waals surface area contributed by atoms with E-state index in [1.54, 1.807) is 0 Å². The minimum atomic E-state index is -0.371. The first-order chi connectivity index (χ1) is 7.24. The van der Waals surface area contributed by atoms with Crippen LogP contribution in [0.3, 0.4) is 0 Å². The highest BCUT2D eigenvalue weighted by molar-refractivity contribution is 5.84. The number of nitrogens with two attached hydrogens (primary N) is 1. The maximum absolute atomic E-state index is 12.2. The summed E-state index contributed by atoms with van der Waals surface area (Å²) in [5.74, 6) is 0. The van der Waals surface area contributed by atoms with Crippen molar-refractivity contribution in [2.45, 2.75) is 12.5 Å². The van der Waals surface area contributed by atoms with Crippen LogP contribution in [0.25, 0.3) is 10.9 Å². The predicted molar refractivity (Wildman–Crippen MR) is 60.4 cm³/mol. The van der Waals surface area contributed by atoms with E-state index < -0.39 is 0 Å². The van der Waals surface area contributed by atoms with E-state index in [0.717, 1.165) is 16.5 Å². The summed E-state index contributed by atoms with van der Waals surface area (Å²) in [6.07, 6.45) is 2.37. The van der Waals surface area contributed by atoms with E-state index in [1.807, 2.05) is 42.1 Å². The van der Waals surface area contributed by atoms with Gasteiger partial charge in [-0.2, -0.15) is 0 Å². The van der Waals surface area contributed by atoms with E-state index in [-0.39, 0.29) is 12.7 Å². The lowest BCUT2D eigenvalue weighted by Crippen LogP contribution is -2.10. The van der Waals surface area contributed by atoms with E-state index in [1.165, 1.54) is 0 Å². The van der Waals surface area contributed by atoms with Crippen molar-refractivity contribution in [2.75, 3.05) is 6.67 Å². The Morgan fingerprint density at radius 1 is 1.40 bits per heavy atom. The molecule has 0 saturated carbocycles. The molecule has 0 unspecified atom stereocenters. The van der Waals surface area contributed by atoms with Crippen LogP contribution in [0.2, 0.25) is 0 Å². The molecule has 0 radical (unpaired) electrons. The number of benzene rings is 1. The molecule has 80 valence electrons. The smallest absolute Gasteiger partial charge is 0.0912 e. The zero-order valence-electron chi connectivity index (χ0n) is 8.78. The molecule has 0 bridgehead atoms. The molecular weight excluding hydrogens is 191 g/mol. The van der Waals surface area contributed by atoms with Crippen molar-refractivity contribution in [2.24, 2.45) is 12.8 Å². The summed E-state index contributed by atoms with van der Waals surface area (Å²) in [5, 5.41) is 1.13. The summed E-state index contributed by atoms with van der Waals surface area (Å²) in [6.45, 7) is -0.371. The van der Waals surface area contributed by atoms with Gasteiger partial charge in [0.05, 0.1) is 6.67 Å². The first kappa shape index (κ1) is 10.2. The quantitative estimate of drug-likeness (QED) is 0.822. The third kappa shape index (κ3) is 1.75. The fourth-order valence-corrected chi connectivity index (χ4v) is 1.94. The van der Waals surface area contributed by atoms with Crippen LogP contribution in [0.1, 0.15) is 18.0 Å². The number of aryl methyl sites for hydroxylation is 1. The number of fused-ring (bicyclic) bond motifs is 1. The number of hydrogen-bond acceptors (Lipinski definition) is 1. The molecule has 0 spiro atoms. The van der Waals surface area contributed by atoms with Crippen LogP contribution in [0, 0.1) is 0 Å². The minimum Gasteiger partial charge on any atom is -0.350 e. The zero-order valence-corrected chi connectivity index (χ0v) is 8.78. The Bertz CT molecular complexity index is 462. The van der Waals surface area contributed by atoms with Gasteiger partial charge in [0, 0.05) is 30.2 Å². The van der Waals surface area contributed by atoms with Crippen molar-refractivity contribution in [3.63, 3.8) is 0 Å². The standard InChI is InChI=1S/C12H15FN2/c1-15-8-10(11(14)6-7-13)9-4-2-3-5-12(9)15/h2-5,8,11H,6-7,14H2,1H3/t11-/m0/s1. The normalized spacial score (nSPS) is 13.3. The summed E-state index contributed by atoms with van der Waals surface area (Å²) < 4.78 is 14.3. The lowest BCUT2D eigenvalue weighted by atomic mass is 10.0. The van der Waals surface area contributed by atoms with E-state index in [0.29, 0.717) is 6.42 Å². The zero-order chi connectivity index (χ0) is 10.8. The predicted octanol–water partition coefficient (Wildman–Crippen LogP) is 2.54. The average molecular weight is 206 g/mol. The van der Waals surface area contributed by atoms with Gasteiger partial charge in [-0.3, -0.25) is 4.39 Å². The molecule has 0 saturated heterocycles. The molecule has 2 nitrogen and oxygen atoms in total. The lowest BCUT2D eigenvalue weighted by molar-refractivity contribution is 0.442. The Labute approximate surface area is 88.5 Å². The molecule has 0 aliphatic rings. The molecule has 2 N–H and O–H groups in total. The Kier molecular flexibility index (Phi) is 2.73. The van der Waals surface area contributed by atoms with Crippen molar-refractivity contribution >= 4 is 10.9 Å². The molecule has 0 aliphatic carbocycles. The van der Waals surface area contributed by atoms with Crippen LogP contribution in [-0.2, 0) is 7.05 Å². The van der Waals surface area contributed by atoms with Crippen LogP contribution in [0.5, 0.6) is 0 Å². The third-order valence-corrected chi connectivity index (χ3v) is 2.75. The second kappa shape index (κ2) is 4.03. The van der Waals surface area contributed by atoms with E-state index in [4.69, 9.17) is 5.73 Å². The first-order valence-electron chi connectivity index (χ1n) is 5.09. The number of nitrogens with zero attached hydrogens (tertiary/aromatic N) is 1. The largest absolute Gasteiger partial charge is 0.350 e. The fourth-order valence-electron chi connectivity index (χ4n) is 1.94. The van der Waals surface area contributed by atoms with Crippen molar-refractivity contribution in [1.29, 1.82) is 0 Å². The topological polar surface area (TPSA) is 30.9 Å². The van der Waals surface area contributed by atoms with Crippen molar-refractivity contribution in [3.8, 4) is 0 Å². The van der Waals surface area contributed by atoms with Gasteiger partial charge in [0.25, 0.3) is 0 Å². The van der Waals surface area contributed by atoms with Gasteiger partial charge in [0.1, 0.15) is 0 Å². The van der Waals surface area contributed by atoms with Crippen LogP contribution in [0.4, 0.5) is 4.39 Å². The molecular formula is C12H15FN2.